The third-order valence-electron chi connectivity index (χ3n) is 2.69. The van der Waals surface area contributed by atoms with Gasteiger partial charge in [-0.05, 0) is 12.1 Å². The van der Waals surface area contributed by atoms with Crippen molar-refractivity contribution < 1.29 is 18.0 Å². The van der Waals surface area contributed by atoms with E-state index in [9.17, 15) is 13.2 Å². The molecule has 17 heavy (non-hydrogen) atoms. The predicted molar refractivity (Wildman–Crippen MR) is 56.9 cm³/mol. The fraction of sp³-hybridized carbons (Fsp3) is 0.273. The first kappa shape index (κ1) is 11.9. The van der Waals surface area contributed by atoms with Crippen molar-refractivity contribution in [2.75, 3.05) is 0 Å². The topological polar surface area (TPSA) is 40.2 Å². The summed E-state index contributed by atoms with van der Waals surface area (Å²) < 4.78 is 39.9. The molecule has 1 aromatic heterocycles. The molecule has 0 spiro atoms. The molecule has 0 aliphatic rings. The van der Waals surface area contributed by atoms with Crippen molar-refractivity contribution in [1.82, 2.24) is 4.57 Å². The van der Waals surface area contributed by atoms with Crippen molar-refractivity contribution in [2.24, 2.45) is 12.9 Å². The molecule has 2 N–H and O–H groups in total. The van der Waals surface area contributed by atoms with Crippen LogP contribution in [0.4, 0.5) is 13.2 Å². The Morgan fingerprint density at radius 1 is 1.35 bits per heavy atom. The highest BCUT2D eigenvalue weighted by atomic mass is 19.4. The minimum atomic E-state index is -4.37. The first-order chi connectivity index (χ1) is 7.95. The molecule has 0 aliphatic heterocycles. The number of para-hydroxylation sites is 1. The van der Waals surface area contributed by atoms with Crippen LogP contribution in [0.2, 0.25) is 0 Å². The minimum absolute atomic E-state index is 0.0719. The van der Waals surface area contributed by atoms with Crippen LogP contribution in [0.3, 0.4) is 0 Å². The van der Waals surface area contributed by atoms with E-state index in [2.05, 4.69) is 4.84 Å². The Kier molecular flexibility index (Phi) is 2.84. The minimum Gasteiger partial charge on any atom is -0.345 e. The summed E-state index contributed by atoms with van der Waals surface area (Å²) in [4.78, 5) is 4.46. The van der Waals surface area contributed by atoms with Gasteiger partial charge in [-0.25, -0.2) is 5.90 Å². The number of nitrogens with zero attached hydrogens (tertiary/aromatic N) is 1. The van der Waals surface area contributed by atoms with Crippen LogP contribution in [0.15, 0.2) is 24.3 Å². The van der Waals surface area contributed by atoms with Crippen LogP contribution in [0.25, 0.3) is 10.9 Å². The maximum absolute atomic E-state index is 12.8. The molecule has 2 rings (SSSR count). The molecular formula is C11H11F3N2O. The van der Waals surface area contributed by atoms with Gasteiger partial charge in [-0.1, -0.05) is 12.1 Å². The Morgan fingerprint density at radius 2 is 2.06 bits per heavy atom. The number of fused-ring (bicyclic) bond motifs is 1. The third kappa shape index (κ3) is 2.01. The van der Waals surface area contributed by atoms with Gasteiger partial charge in [-0.3, -0.25) is 4.84 Å². The monoisotopic (exact) mass is 244 g/mol. The van der Waals surface area contributed by atoms with Gasteiger partial charge in [0.2, 0.25) is 0 Å². The lowest BCUT2D eigenvalue weighted by atomic mass is 10.1. The van der Waals surface area contributed by atoms with E-state index in [1.165, 1.54) is 10.6 Å². The molecule has 0 amide bonds. The number of alkyl halides is 3. The highest BCUT2D eigenvalue weighted by molar-refractivity contribution is 5.84. The first-order valence-electron chi connectivity index (χ1n) is 4.91. The van der Waals surface area contributed by atoms with Crippen molar-refractivity contribution >= 4 is 10.9 Å². The van der Waals surface area contributed by atoms with Crippen molar-refractivity contribution in [1.29, 1.82) is 0 Å². The van der Waals surface area contributed by atoms with Crippen LogP contribution in [0.1, 0.15) is 11.3 Å². The van der Waals surface area contributed by atoms with Gasteiger partial charge in [0.1, 0.15) is 6.61 Å². The summed E-state index contributed by atoms with van der Waals surface area (Å²) in [6.07, 6.45) is -4.37. The standard InChI is InChI=1S/C11H11F3N2O/c1-16-8(6-17-15)5-7-3-2-4-9(10(7)16)11(12,13)14/h2-5H,6,15H2,1H3. The number of hydrogen-bond donors (Lipinski definition) is 1. The van der Waals surface area contributed by atoms with Crippen molar-refractivity contribution in [2.45, 2.75) is 12.8 Å². The van der Waals surface area contributed by atoms with Gasteiger partial charge < -0.3 is 4.57 Å². The van der Waals surface area contributed by atoms with E-state index in [0.717, 1.165) is 6.07 Å². The van der Waals surface area contributed by atoms with E-state index in [4.69, 9.17) is 5.90 Å². The van der Waals surface area contributed by atoms with Gasteiger partial charge in [-0.2, -0.15) is 13.2 Å². The number of rotatable bonds is 2. The zero-order chi connectivity index (χ0) is 12.6. The summed E-state index contributed by atoms with van der Waals surface area (Å²) in [5.41, 5.74) is 0.0898. The Hall–Kier alpha value is -1.53. The fourth-order valence-corrected chi connectivity index (χ4v) is 1.92. The largest absolute Gasteiger partial charge is 0.418 e. The summed E-state index contributed by atoms with van der Waals surface area (Å²) in [5, 5.41) is 0.523. The summed E-state index contributed by atoms with van der Waals surface area (Å²) in [5.74, 6) is 4.94. The summed E-state index contributed by atoms with van der Waals surface area (Å²) >= 11 is 0. The molecule has 1 heterocycles. The Labute approximate surface area is 95.5 Å². The number of aromatic nitrogens is 1. The smallest absolute Gasteiger partial charge is 0.345 e. The van der Waals surface area contributed by atoms with Gasteiger partial charge in [0.25, 0.3) is 0 Å². The van der Waals surface area contributed by atoms with E-state index < -0.39 is 11.7 Å². The second-order valence-electron chi connectivity index (χ2n) is 3.75. The van der Waals surface area contributed by atoms with Crippen molar-refractivity contribution in [3.8, 4) is 0 Å². The molecule has 0 saturated heterocycles. The number of nitrogens with two attached hydrogens (primary N) is 1. The number of aryl methyl sites for hydroxylation is 1. The zero-order valence-corrected chi connectivity index (χ0v) is 9.08. The zero-order valence-electron chi connectivity index (χ0n) is 9.08. The third-order valence-corrected chi connectivity index (χ3v) is 2.69. The second kappa shape index (κ2) is 4.05. The van der Waals surface area contributed by atoms with Gasteiger partial charge in [0.05, 0.1) is 11.1 Å². The van der Waals surface area contributed by atoms with Crippen molar-refractivity contribution in [3.05, 3.63) is 35.5 Å². The van der Waals surface area contributed by atoms with Crippen LogP contribution in [0, 0.1) is 0 Å². The lowest BCUT2D eigenvalue weighted by Crippen LogP contribution is -2.09. The molecule has 3 nitrogen and oxygen atoms in total. The summed E-state index contributed by atoms with van der Waals surface area (Å²) in [6, 6.07) is 5.72. The molecule has 0 saturated carbocycles. The first-order valence-corrected chi connectivity index (χ1v) is 4.91. The van der Waals surface area contributed by atoms with Gasteiger partial charge in [0.15, 0.2) is 0 Å². The Balaban J connectivity index is 2.71. The van der Waals surface area contributed by atoms with E-state index in [-0.39, 0.29) is 12.1 Å². The van der Waals surface area contributed by atoms with E-state index in [1.54, 1.807) is 19.2 Å². The Morgan fingerprint density at radius 3 is 2.65 bits per heavy atom. The average Bonchev–Trinajstić information content (AvgIpc) is 2.55. The Bertz CT molecular complexity index is 545. The summed E-state index contributed by atoms with van der Waals surface area (Å²) in [7, 11) is 1.56. The molecule has 1 aromatic carbocycles. The average molecular weight is 244 g/mol. The van der Waals surface area contributed by atoms with Gasteiger partial charge >= 0.3 is 6.18 Å². The molecule has 0 fully saturated rings. The maximum Gasteiger partial charge on any atom is 0.418 e. The highest BCUT2D eigenvalue weighted by Gasteiger charge is 2.33. The molecule has 0 unspecified atom stereocenters. The lowest BCUT2D eigenvalue weighted by molar-refractivity contribution is -0.136. The van der Waals surface area contributed by atoms with Gasteiger partial charge in [-0.15, -0.1) is 0 Å². The van der Waals surface area contributed by atoms with Gasteiger partial charge in [0, 0.05) is 18.1 Å². The lowest BCUT2D eigenvalue weighted by Gasteiger charge is -2.10. The normalized spacial score (nSPS) is 12.3. The molecule has 0 radical (unpaired) electrons. The van der Waals surface area contributed by atoms with E-state index in [1.807, 2.05) is 0 Å². The molecule has 2 aromatic rings. The molecule has 0 bridgehead atoms. The van der Waals surface area contributed by atoms with E-state index >= 15 is 0 Å². The van der Waals surface area contributed by atoms with Crippen LogP contribution >= 0.6 is 0 Å². The molecule has 92 valence electrons. The number of halogens is 3. The molecule has 0 atom stereocenters. The van der Waals surface area contributed by atoms with Crippen LogP contribution in [-0.2, 0) is 24.7 Å². The van der Waals surface area contributed by atoms with Crippen LogP contribution in [-0.4, -0.2) is 4.57 Å². The number of benzene rings is 1. The molecule has 6 heteroatoms. The molecular weight excluding hydrogens is 233 g/mol. The highest BCUT2D eigenvalue weighted by Crippen LogP contribution is 2.35. The predicted octanol–water partition coefficient (Wildman–Crippen LogP) is 2.59. The van der Waals surface area contributed by atoms with E-state index in [0.29, 0.717) is 11.1 Å². The number of hydrogen-bond acceptors (Lipinski definition) is 2. The molecule has 0 aliphatic carbocycles. The fourth-order valence-electron chi connectivity index (χ4n) is 1.92. The van der Waals surface area contributed by atoms with Crippen LogP contribution in [0.5, 0.6) is 0 Å². The quantitative estimate of drug-likeness (QED) is 0.825. The second-order valence-corrected chi connectivity index (χ2v) is 3.75. The summed E-state index contributed by atoms with van der Waals surface area (Å²) in [6.45, 7) is 0.0719. The maximum atomic E-state index is 12.8. The van der Waals surface area contributed by atoms with Crippen LogP contribution < -0.4 is 5.90 Å². The van der Waals surface area contributed by atoms with Crippen molar-refractivity contribution in [3.63, 3.8) is 0 Å². The SMILES string of the molecule is Cn1c(CON)cc2cccc(C(F)(F)F)c21.